The maximum Gasteiger partial charge on any atom is 0.143 e. The molecular weight excluding hydrogens is 371 g/mol. The summed E-state index contributed by atoms with van der Waals surface area (Å²) in [4.78, 5) is 9.29. The highest BCUT2D eigenvalue weighted by molar-refractivity contribution is 6.36. The fourth-order valence-electron chi connectivity index (χ4n) is 3.07. The van der Waals surface area contributed by atoms with Crippen LogP contribution in [-0.2, 0) is 0 Å². The number of phenols is 2. The number of para-hydroxylation sites is 1. The van der Waals surface area contributed by atoms with Gasteiger partial charge in [0.1, 0.15) is 11.5 Å². The number of hydrogen-bond acceptors (Lipinski definition) is 4. The third-order valence-corrected chi connectivity index (χ3v) is 5.00. The Morgan fingerprint density at radius 1 is 0.885 bits per heavy atom. The quantitative estimate of drug-likeness (QED) is 0.699. The van der Waals surface area contributed by atoms with Crippen molar-refractivity contribution in [1.29, 1.82) is 0 Å². The molecule has 0 radical (unpaired) electrons. The Hall–Kier alpha value is -2.04. The third kappa shape index (κ3) is 4.57. The monoisotopic (exact) mass is 390 g/mol. The lowest BCUT2D eigenvalue weighted by atomic mass is 9.91. The average Bonchev–Trinajstić information content (AvgIpc) is 2.63. The van der Waals surface area contributed by atoms with Crippen molar-refractivity contribution in [2.75, 3.05) is 0 Å². The van der Waals surface area contributed by atoms with E-state index >= 15 is 0 Å². The summed E-state index contributed by atoms with van der Waals surface area (Å²) in [5, 5.41) is 20.6. The van der Waals surface area contributed by atoms with Crippen LogP contribution in [0.3, 0.4) is 0 Å². The highest BCUT2D eigenvalue weighted by Crippen LogP contribution is 2.31. The van der Waals surface area contributed by atoms with Crippen LogP contribution >= 0.6 is 23.2 Å². The molecule has 0 saturated heterocycles. The van der Waals surface area contributed by atoms with E-state index in [-0.39, 0.29) is 28.6 Å². The van der Waals surface area contributed by atoms with E-state index < -0.39 is 0 Å². The first-order chi connectivity index (χ1) is 12.5. The Morgan fingerprint density at radius 3 is 2.15 bits per heavy atom. The van der Waals surface area contributed by atoms with Crippen molar-refractivity contribution in [2.24, 2.45) is 9.98 Å². The van der Waals surface area contributed by atoms with Crippen molar-refractivity contribution in [3.63, 3.8) is 0 Å². The first-order valence-electron chi connectivity index (χ1n) is 8.57. The van der Waals surface area contributed by atoms with Crippen LogP contribution in [0.2, 0.25) is 10.0 Å². The van der Waals surface area contributed by atoms with Crippen LogP contribution in [0.4, 0.5) is 0 Å². The third-order valence-electron chi connectivity index (χ3n) is 4.50. The summed E-state index contributed by atoms with van der Waals surface area (Å²) in [6.45, 7) is 0. The Labute approximate surface area is 162 Å². The Kier molecular flexibility index (Phi) is 6.17. The highest BCUT2D eigenvalue weighted by Gasteiger charge is 2.23. The summed E-state index contributed by atoms with van der Waals surface area (Å²) in [6.07, 6.45) is 7.38. The zero-order valence-electron chi connectivity index (χ0n) is 14.1. The van der Waals surface area contributed by atoms with Crippen LogP contribution in [0.1, 0.15) is 36.8 Å². The molecule has 1 fully saturated rings. The predicted molar refractivity (Wildman–Crippen MR) is 107 cm³/mol. The Balaban J connectivity index is 1.78. The number of rotatable bonds is 4. The van der Waals surface area contributed by atoms with Crippen LogP contribution < -0.4 is 0 Å². The standard InChI is InChI=1S/C20H20Cl2N2O2/c21-15-9-14(20(26)16(22)10-15)12-24-18-7-3-2-6-17(18)23-11-13-5-1-4-8-19(13)25/h1,4-5,8-12,17-18,25-26H,2-3,6-7H2/t17-,18-/m1/s1. The average molecular weight is 391 g/mol. The summed E-state index contributed by atoms with van der Waals surface area (Å²) in [5.74, 6) is 0.190. The van der Waals surface area contributed by atoms with Gasteiger partial charge in [-0.2, -0.15) is 0 Å². The molecule has 2 atom stereocenters. The normalized spacial score (nSPS) is 20.8. The van der Waals surface area contributed by atoms with E-state index in [1.165, 1.54) is 6.07 Å². The van der Waals surface area contributed by atoms with Gasteiger partial charge in [0.15, 0.2) is 0 Å². The summed E-state index contributed by atoms with van der Waals surface area (Å²) in [5.41, 5.74) is 1.19. The van der Waals surface area contributed by atoms with Crippen molar-refractivity contribution in [1.82, 2.24) is 0 Å². The summed E-state index contributed by atoms with van der Waals surface area (Å²) in [7, 11) is 0. The van der Waals surface area contributed by atoms with E-state index in [0.29, 0.717) is 16.1 Å². The van der Waals surface area contributed by atoms with Crippen molar-refractivity contribution >= 4 is 35.6 Å². The maximum absolute atomic E-state index is 10.1. The fraction of sp³-hybridized carbons (Fsp3) is 0.300. The molecule has 0 amide bonds. The molecule has 2 N–H and O–H groups in total. The minimum atomic E-state index is -0.0233. The molecule has 0 bridgehead atoms. The van der Waals surface area contributed by atoms with Gasteiger partial charge >= 0.3 is 0 Å². The molecule has 0 heterocycles. The number of hydrogen-bond donors (Lipinski definition) is 2. The molecule has 1 aliphatic rings. The van der Waals surface area contributed by atoms with Crippen molar-refractivity contribution in [2.45, 2.75) is 37.8 Å². The molecule has 2 aromatic rings. The number of phenolic OH excluding ortho intramolecular Hbond substituents is 2. The minimum absolute atomic E-state index is 0.0167. The molecule has 1 aliphatic carbocycles. The second-order valence-corrected chi connectivity index (χ2v) is 7.20. The molecule has 2 aromatic carbocycles. The van der Waals surface area contributed by atoms with Crippen LogP contribution in [0.5, 0.6) is 11.5 Å². The number of halogens is 2. The van der Waals surface area contributed by atoms with E-state index in [1.807, 2.05) is 12.1 Å². The van der Waals surface area contributed by atoms with E-state index in [4.69, 9.17) is 23.2 Å². The van der Waals surface area contributed by atoms with Gasteiger partial charge in [0.2, 0.25) is 0 Å². The second-order valence-electron chi connectivity index (χ2n) is 6.36. The van der Waals surface area contributed by atoms with Gasteiger partial charge in [-0.1, -0.05) is 48.2 Å². The number of aliphatic imine (C=N–C) groups is 2. The molecule has 136 valence electrons. The molecule has 0 aliphatic heterocycles. The van der Waals surface area contributed by atoms with Crippen molar-refractivity contribution < 1.29 is 10.2 Å². The summed E-state index contributed by atoms with van der Waals surface area (Å²) >= 11 is 12.0. The van der Waals surface area contributed by atoms with Crippen LogP contribution in [-0.4, -0.2) is 34.7 Å². The van der Waals surface area contributed by atoms with E-state index in [9.17, 15) is 10.2 Å². The largest absolute Gasteiger partial charge is 0.507 e. The molecule has 6 heteroatoms. The highest BCUT2D eigenvalue weighted by atomic mass is 35.5. The molecular formula is C20H20Cl2N2O2. The van der Waals surface area contributed by atoms with Gasteiger partial charge in [-0.15, -0.1) is 0 Å². The lowest BCUT2D eigenvalue weighted by Crippen LogP contribution is -2.27. The van der Waals surface area contributed by atoms with Gasteiger partial charge in [-0.25, -0.2) is 0 Å². The number of nitrogens with zero attached hydrogens (tertiary/aromatic N) is 2. The van der Waals surface area contributed by atoms with E-state index in [0.717, 1.165) is 25.7 Å². The van der Waals surface area contributed by atoms with Crippen LogP contribution in [0, 0.1) is 0 Å². The fourth-order valence-corrected chi connectivity index (χ4v) is 3.58. The second kappa shape index (κ2) is 8.56. The first kappa shape index (κ1) is 18.7. The van der Waals surface area contributed by atoms with Gasteiger partial charge < -0.3 is 10.2 Å². The molecule has 0 unspecified atom stereocenters. The molecule has 4 nitrogen and oxygen atoms in total. The molecule has 0 spiro atoms. The van der Waals surface area contributed by atoms with Crippen molar-refractivity contribution in [3.8, 4) is 11.5 Å². The predicted octanol–water partition coefficient (Wildman–Crippen LogP) is 5.25. The molecule has 3 rings (SSSR count). The topological polar surface area (TPSA) is 65.2 Å². The van der Waals surface area contributed by atoms with Gasteiger partial charge in [0, 0.05) is 28.6 Å². The minimum Gasteiger partial charge on any atom is -0.507 e. The van der Waals surface area contributed by atoms with E-state index in [1.54, 1.807) is 30.6 Å². The lowest BCUT2D eigenvalue weighted by molar-refractivity contribution is 0.390. The SMILES string of the molecule is Oc1ccccc1C=N[C@@H]1CCCC[C@H]1N=Cc1cc(Cl)cc(Cl)c1O. The smallest absolute Gasteiger partial charge is 0.143 e. The van der Waals surface area contributed by atoms with Crippen molar-refractivity contribution in [3.05, 3.63) is 57.6 Å². The van der Waals surface area contributed by atoms with Gasteiger partial charge in [-0.05, 0) is 37.1 Å². The summed E-state index contributed by atoms with van der Waals surface area (Å²) < 4.78 is 0. The number of benzene rings is 2. The zero-order valence-corrected chi connectivity index (χ0v) is 15.7. The van der Waals surface area contributed by atoms with Gasteiger partial charge in [-0.3, -0.25) is 9.98 Å². The van der Waals surface area contributed by atoms with Crippen LogP contribution in [0.15, 0.2) is 46.4 Å². The zero-order chi connectivity index (χ0) is 18.5. The van der Waals surface area contributed by atoms with Gasteiger partial charge in [0.05, 0.1) is 17.1 Å². The molecule has 0 aromatic heterocycles. The lowest BCUT2D eigenvalue weighted by Gasteiger charge is -2.25. The van der Waals surface area contributed by atoms with Crippen LogP contribution in [0.25, 0.3) is 0 Å². The molecule has 1 saturated carbocycles. The Morgan fingerprint density at radius 2 is 1.50 bits per heavy atom. The van der Waals surface area contributed by atoms with E-state index in [2.05, 4.69) is 9.98 Å². The summed E-state index contributed by atoms with van der Waals surface area (Å²) in [6, 6.07) is 10.3. The molecule has 26 heavy (non-hydrogen) atoms. The van der Waals surface area contributed by atoms with Gasteiger partial charge in [0.25, 0.3) is 0 Å². The maximum atomic E-state index is 10.1. The number of aromatic hydroxyl groups is 2. The Bertz CT molecular complexity index is 837. The first-order valence-corrected chi connectivity index (χ1v) is 9.32.